The largest absolute Gasteiger partial charge is 0.289 e. The Bertz CT molecular complexity index is 862. The van der Waals surface area contributed by atoms with Gasteiger partial charge < -0.3 is 0 Å². The van der Waals surface area contributed by atoms with Gasteiger partial charge in [0.25, 0.3) is 11.8 Å². The van der Waals surface area contributed by atoms with E-state index in [9.17, 15) is 18.4 Å². The second-order valence-corrected chi connectivity index (χ2v) is 6.97. The van der Waals surface area contributed by atoms with E-state index in [4.69, 9.17) is 5.21 Å². The van der Waals surface area contributed by atoms with Crippen LogP contribution >= 0.6 is 0 Å². The van der Waals surface area contributed by atoms with Crippen LogP contribution in [0.15, 0.2) is 72.4 Å². The van der Waals surface area contributed by atoms with E-state index >= 15 is 0 Å². The van der Waals surface area contributed by atoms with Crippen molar-refractivity contribution in [2.45, 2.75) is 25.2 Å². The highest BCUT2D eigenvalue weighted by atomic mass is 19.3. The number of hydrogen-bond donors (Lipinski definition) is 2. The Morgan fingerprint density at radius 3 is 2.43 bits per heavy atom. The topological polar surface area (TPSA) is 66.4 Å². The van der Waals surface area contributed by atoms with Crippen molar-refractivity contribution in [1.82, 2.24) is 5.48 Å². The normalized spacial score (nSPS) is 19.8. The van der Waals surface area contributed by atoms with Gasteiger partial charge in [0.15, 0.2) is 5.78 Å². The Morgan fingerprint density at radius 2 is 1.86 bits per heavy atom. The third-order valence-corrected chi connectivity index (χ3v) is 4.84. The van der Waals surface area contributed by atoms with Crippen LogP contribution in [0.25, 0.3) is 0 Å². The predicted octanol–water partition coefficient (Wildman–Crippen LogP) is 4.49. The molecule has 0 bridgehead atoms. The standard InChI is InChI=1S/C22H21F2NO3/c23-22(24,19-11-12-19)18-9-7-17(8-10-18)20(26)13-5-15-1-3-16(4-2-15)6-14-21(27)25-28/h1-3,5-10,13-14,16,19,28H,4,11-12H2,(H,25,27)/b13-5+,14-6+. The molecular weight excluding hydrogens is 364 g/mol. The molecule has 146 valence electrons. The predicted molar refractivity (Wildman–Crippen MR) is 101 cm³/mol. The van der Waals surface area contributed by atoms with Gasteiger partial charge in [0.1, 0.15) is 0 Å². The second kappa shape index (κ2) is 8.44. The SMILES string of the molecule is O=C(/C=C/C1C=CC(/C=C/C(=O)c2ccc(C(F)(F)C3CC3)cc2)=CC1)NO. The molecule has 1 aromatic carbocycles. The van der Waals surface area contributed by atoms with Crippen LogP contribution in [0.5, 0.6) is 0 Å². The lowest BCUT2D eigenvalue weighted by Crippen LogP contribution is -2.16. The Labute approximate surface area is 161 Å². The molecule has 0 spiro atoms. The monoisotopic (exact) mass is 385 g/mol. The number of nitrogens with one attached hydrogen (secondary N) is 1. The molecule has 6 heteroatoms. The third-order valence-electron chi connectivity index (χ3n) is 4.84. The van der Waals surface area contributed by atoms with Gasteiger partial charge in [-0.05, 0) is 36.8 Å². The molecular formula is C22H21F2NO3. The maximum Gasteiger partial charge on any atom is 0.276 e. The first-order valence-corrected chi connectivity index (χ1v) is 9.11. The first-order chi connectivity index (χ1) is 13.4. The summed E-state index contributed by atoms with van der Waals surface area (Å²) in [5, 5.41) is 8.45. The Morgan fingerprint density at radius 1 is 1.14 bits per heavy atom. The van der Waals surface area contributed by atoms with E-state index in [0.717, 1.165) is 5.57 Å². The minimum absolute atomic E-state index is 0.0332. The number of alkyl halides is 2. The van der Waals surface area contributed by atoms with Crippen LogP contribution < -0.4 is 5.48 Å². The van der Waals surface area contributed by atoms with E-state index in [0.29, 0.717) is 24.8 Å². The fourth-order valence-electron chi connectivity index (χ4n) is 2.97. The van der Waals surface area contributed by atoms with Gasteiger partial charge in [0.05, 0.1) is 0 Å². The molecule has 2 aliphatic carbocycles. The van der Waals surface area contributed by atoms with Gasteiger partial charge in [-0.15, -0.1) is 0 Å². The first kappa shape index (κ1) is 19.9. The zero-order chi connectivity index (χ0) is 20.1. The average Bonchev–Trinajstić information content (AvgIpc) is 3.57. The van der Waals surface area contributed by atoms with Gasteiger partial charge in [-0.3, -0.25) is 14.8 Å². The van der Waals surface area contributed by atoms with Crippen molar-refractivity contribution in [2.24, 2.45) is 11.8 Å². The van der Waals surface area contributed by atoms with Gasteiger partial charge in [-0.25, -0.2) is 14.3 Å². The van der Waals surface area contributed by atoms with Crippen LogP contribution in [-0.2, 0) is 10.7 Å². The minimum Gasteiger partial charge on any atom is -0.289 e. The Balaban J connectivity index is 1.57. The van der Waals surface area contributed by atoms with Crippen LogP contribution in [0.4, 0.5) is 8.78 Å². The number of carbonyl (C=O) groups excluding carboxylic acids is 2. The van der Waals surface area contributed by atoms with Crippen molar-refractivity contribution < 1.29 is 23.6 Å². The molecule has 28 heavy (non-hydrogen) atoms. The minimum atomic E-state index is -2.82. The summed E-state index contributed by atoms with van der Waals surface area (Å²) in [5.74, 6) is -4.20. The Hall–Kier alpha value is -2.86. The lowest BCUT2D eigenvalue weighted by Gasteiger charge is -2.15. The summed E-state index contributed by atoms with van der Waals surface area (Å²) in [5.41, 5.74) is 2.70. The molecule has 1 aromatic rings. The summed E-state index contributed by atoms with van der Waals surface area (Å²) in [4.78, 5) is 23.2. The molecule has 1 amide bonds. The number of carbonyl (C=O) groups is 2. The number of ketones is 1. The number of hydrogen-bond acceptors (Lipinski definition) is 3. The number of allylic oxidation sites excluding steroid dienone is 7. The van der Waals surface area contributed by atoms with Gasteiger partial charge >= 0.3 is 0 Å². The summed E-state index contributed by atoms with van der Waals surface area (Å²) in [6, 6.07) is 5.55. The Kier molecular flexibility index (Phi) is 5.99. The average molecular weight is 385 g/mol. The molecule has 2 aliphatic rings. The van der Waals surface area contributed by atoms with Crippen LogP contribution in [0.3, 0.4) is 0 Å². The van der Waals surface area contributed by atoms with E-state index < -0.39 is 17.7 Å². The number of halogens is 2. The fourth-order valence-corrected chi connectivity index (χ4v) is 2.97. The van der Waals surface area contributed by atoms with Gasteiger partial charge in [-0.2, -0.15) is 0 Å². The zero-order valence-electron chi connectivity index (χ0n) is 15.1. The van der Waals surface area contributed by atoms with E-state index in [2.05, 4.69) is 0 Å². The number of benzene rings is 1. The molecule has 0 aliphatic heterocycles. The second-order valence-electron chi connectivity index (χ2n) is 6.97. The molecule has 3 rings (SSSR count). The fraction of sp³-hybridized carbons (Fsp3) is 0.273. The van der Waals surface area contributed by atoms with Crippen molar-refractivity contribution in [1.29, 1.82) is 0 Å². The lowest BCUT2D eigenvalue weighted by atomic mass is 9.95. The van der Waals surface area contributed by atoms with Crippen molar-refractivity contribution in [3.8, 4) is 0 Å². The van der Waals surface area contributed by atoms with E-state index in [1.807, 2.05) is 18.2 Å². The molecule has 1 atom stereocenters. The van der Waals surface area contributed by atoms with Gasteiger partial charge in [0, 0.05) is 23.1 Å². The number of hydroxylamine groups is 1. The number of rotatable bonds is 7. The highest BCUT2D eigenvalue weighted by Gasteiger charge is 2.47. The maximum atomic E-state index is 14.1. The molecule has 0 saturated heterocycles. The van der Waals surface area contributed by atoms with Crippen molar-refractivity contribution in [3.63, 3.8) is 0 Å². The molecule has 1 saturated carbocycles. The highest BCUT2D eigenvalue weighted by molar-refractivity contribution is 6.04. The van der Waals surface area contributed by atoms with Crippen LogP contribution in [-0.4, -0.2) is 16.9 Å². The van der Waals surface area contributed by atoms with E-state index in [1.54, 1.807) is 12.2 Å². The van der Waals surface area contributed by atoms with Gasteiger partial charge in [0.2, 0.25) is 0 Å². The molecule has 2 N–H and O–H groups in total. The highest BCUT2D eigenvalue weighted by Crippen LogP contribution is 2.49. The van der Waals surface area contributed by atoms with Crippen molar-refractivity contribution in [2.75, 3.05) is 0 Å². The van der Waals surface area contributed by atoms with Crippen molar-refractivity contribution in [3.05, 3.63) is 83.5 Å². The zero-order valence-corrected chi connectivity index (χ0v) is 15.1. The van der Waals surface area contributed by atoms with Crippen molar-refractivity contribution >= 4 is 11.7 Å². The summed E-state index contributed by atoms with van der Waals surface area (Å²) in [6.45, 7) is 0. The quantitative estimate of drug-likeness (QED) is 0.315. The maximum absolute atomic E-state index is 14.1. The van der Waals surface area contributed by atoms with Gasteiger partial charge in [-0.1, -0.05) is 54.6 Å². The van der Waals surface area contributed by atoms with Crippen LogP contribution in [0.1, 0.15) is 35.2 Å². The molecule has 0 aromatic heterocycles. The van der Waals surface area contributed by atoms with E-state index in [1.165, 1.54) is 41.9 Å². The summed E-state index contributed by atoms with van der Waals surface area (Å²) in [6.07, 6.45) is 13.4. The van der Waals surface area contributed by atoms with Crippen LogP contribution in [0.2, 0.25) is 0 Å². The number of amides is 1. The smallest absolute Gasteiger partial charge is 0.276 e. The molecule has 1 unspecified atom stereocenters. The summed E-state index contributed by atoms with van der Waals surface area (Å²) >= 11 is 0. The van der Waals surface area contributed by atoms with Crippen LogP contribution in [0, 0.1) is 11.8 Å². The molecule has 0 heterocycles. The first-order valence-electron chi connectivity index (χ1n) is 9.11. The third kappa shape index (κ3) is 4.89. The lowest BCUT2D eigenvalue weighted by molar-refractivity contribution is -0.124. The van der Waals surface area contributed by atoms with E-state index in [-0.39, 0.29) is 17.3 Å². The summed E-state index contributed by atoms with van der Waals surface area (Å²) < 4.78 is 28.1. The molecule has 4 nitrogen and oxygen atoms in total. The molecule has 1 fully saturated rings. The summed E-state index contributed by atoms with van der Waals surface area (Å²) in [7, 11) is 0. The molecule has 0 radical (unpaired) electrons.